The lowest BCUT2D eigenvalue weighted by Crippen LogP contribution is -2.60. The van der Waals surface area contributed by atoms with Gasteiger partial charge in [-0.05, 0) is 84.8 Å². The third kappa shape index (κ3) is 4.42. The number of nitrogens with zero attached hydrogens (tertiary/aromatic N) is 2. The molecular weight excluding hydrogens is 327 g/mol. The number of halogens is 2. The molecule has 0 spiro atoms. The predicted molar refractivity (Wildman–Crippen MR) is 102 cm³/mol. The summed E-state index contributed by atoms with van der Waals surface area (Å²) in [5.41, 5.74) is 1.49. The molecule has 1 atom stereocenters. The molecule has 2 nitrogen and oxygen atoms in total. The molecular formula is C19H30Cl2N2. The lowest BCUT2D eigenvalue weighted by molar-refractivity contribution is -0.00391. The molecule has 0 bridgehead atoms. The van der Waals surface area contributed by atoms with Crippen LogP contribution >= 0.6 is 23.2 Å². The highest BCUT2D eigenvalue weighted by Gasteiger charge is 2.40. The molecule has 4 heteroatoms. The topological polar surface area (TPSA) is 6.48 Å². The number of likely N-dealkylation sites (tertiary alicyclic amines) is 1. The van der Waals surface area contributed by atoms with Crippen molar-refractivity contribution in [2.75, 3.05) is 27.2 Å². The normalized spacial score (nSPS) is 23.5. The molecule has 1 aromatic rings. The molecule has 1 saturated heterocycles. The Bertz CT molecular complexity index is 516. The lowest BCUT2D eigenvalue weighted by atomic mass is 9.81. The Morgan fingerprint density at radius 2 is 1.78 bits per heavy atom. The van der Waals surface area contributed by atoms with Gasteiger partial charge in [0.25, 0.3) is 0 Å². The summed E-state index contributed by atoms with van der Waals surface area (Å²) >= 11 is 12.7. The Kier molecular flexibility index (Phi) is 6.05. The first-order valence-electron chi connectivity index (χ1n) is 8.51. The average Bonchev–Trinajstić information content (AvgIpc) is 2.46. The van der Waals surface area contributed by atoms with Gasteiger partial charge >= 0.3 is 0 Å². The zero-order chi connectivity index (χ0) is 17.3. The summed E-state index contributed by atoms with van der Waals surface area (Å²) in [5, 5.41) is 1.57. The van der Waals surface area contributed by atoms with Crippen molar-refractivity contribution in [2.45, 2.75) is 57.5 Å². The summed E-state index contributed by atoms with van der Waals surface area (Å²) in [7, 11) is 4.42. The number of hydrogen-bond acceptors (Lipinski definition) is 2. The van der Waals surface area contributed by atoms with Crippen LogP contribution in [-0.4, -0.2) is 48.1 Å². The van der Waals surface area contributed by atoms with Gasteiger partial charge < -0.3 is 4.90 Å². The zero-order valence-corrected chi connectivity index (χ0v) is 16.6. The minimum absolute atomic E-state index is 0.189. The van der Waals surface area contributed by atoms with E-state index < -0.39 is 0 Å². The van der Waals surface area contributed by atoms with Crippen LogP contribution in [0.1, 0.15) is 45.6 Å². The van der Waals surface area contributed by atoms with Crippen molar-refractivity contribution in [3.05, 3.63) is 33.8 Å². The van der Waals surface area contributed by atoms with Crippen LogP contribution in [0.5, 0.6) is 0 Å². The fourth-order valence-corrected chi connectivity index (χ4v) is 4.19. The Labute approximate surface area is 151 Å². The molecule has 0 amide bonds. The van der Waals surface area contributed by atoms with E-state index in [2.05, 4.69) is 44.7 Å². The highest BCUT2D eigenvalue weighted by Crippen LogP contribution is 2.35. The third-order valence-electron chi connectivity index (χ3n) is 5.35. The summed E-state index contributed by atoms with van der Waals surface area (Å²) in [6.07, 6.45) is 4.48. The fraction of sp³-hybridized carbons (Fsp3) is 0.684. The maximum Gasteiger partial charge on any atom is 0.0452 e. The third-order valence-corrected chi connectivity index (χ3v) is 6.06. The molecule has 130 valence electrons. The van der Waals surface area contributed by atoms with Gasteiger partial charge in [-0.25, -0.2) is 0 Å². The van der Waals surface area contributed by atoms with E-state index >= 15 is 0 Å². The van der Waals surface area contributed by atoms with Crippen molar-refractivity contribution in [2.24, 2.45) is 0 Å². The molecule has 0 unspecified atom stereocenters. The van der Waals surface area contributed by atoms with Crippen LogP contribution < -0.4 is 0 Å². The van der Waals surface area contributed by atoms with Gasteiger partial charge in [0.05, 0.1) is 0 Å². The highest BCUT2D eigenvalue weighted by atomic mass is 35.5. The number of benzene rings is 1. The van der Waals surface area contributed by atoms with Gasteiger partial charge in [0, 0.05) is 27.7 Å². The van der Waals surface area contributed by atoms with Crippen LogP contribution in [0.15, 0.2) is 18.2 Å². The van der Waals surface area contributed by atoms with Crippen molar-refractivity contribution in [1.82, 2.24) is 9.80 Å². The molecule has 0 aliphatic carbocycles. The van der Waals surface area contributed by atoms with Gasteiger partial charge in [0.1, 0.15) is 0 Å². The van der Waals surface area contributed by atoms with Gasteiger partial charge in [-0.1, -0.05) is 29.3 Å². The molecule has 1 aliphatic rings. The van der Waals surface area contributed by atoms with Crippen LogP contribution in [-0.2, 0) is 6.42 Å². The van der Waals surface area contributed by atoms with E-state index in [1.165, 1.54) is 19.4 Å². The Hall–Kier alpha value is -0.280. The molecule has 23 heavy (non-hydrogen) atoms. The molecule has 2 rings (SSSR count). The van der Waals surface area contributed by atoms with Crippen molar-refractivity contribution < 1.29 is 0 Å². The van der Waals surface area contributed by atoms with Crippen LogP contribution in [0.4, 0.5) is 0 Å². The lowest BCUT2D eigenvalue weighted by Gasteiger charge is -2.51. The Balaban J connectivity index is 2.18. The van der Waals surface area contributed by atoms with Crippen LogP contribution in [0.3, 0.4) is 0 Å². The summed E-state index contributed by atoms with van der Waals surface area (Å²) in [6, 6.07) is 5.79. The van der Waals surface area contributed by atoms with Crippen molar-refractivity contribution >= 4 is 23.2 Å². The minimum Gasteiger partial charge on any atom is -0.302 e. The van der Waals surface area contributed by atoms with E-state index in [1.54, 1.807) is 0 Å². The monoisotopic (exact) mass is 356 g/mol. The van der Waals surface area contributed by atoms with Crippen LogP contribution in [0.2, 0.25) is 10.0 Å². The second-order valence-corrected chi connectivity index (χ2v) is 8.83. The number of likely N-dealkylation sites (N-methyl/N-ethyl adjacent to an activating group) is 1. The second kappa shape index (κ2) is 7.31. The summed E-state index contributed by atoms with van der Waals surface area (Å²) in [5.74, 6) is 0. The second-order valence-electron chi connectivity index (χ2n) is 8.01. The predicted octanol–water partition coefficient (Wildman–Crippen LogP) is 5.12. The van der Waals surface area contributed by atoms with E-state index in [1.807, 2.05) is 18.2 Å². The van der Waals surface area contributed by atoms with E-state index in [0.717, 1.165) is 35.0 Å². The number of piperidine rings is 1. The largest absolute Gasteiger partial charge is 0.302 e. The summed E-state index contributed by atoms with van der Waals surface area (Å²) in [4.78, 5) is 5.03. The molecule has 1 aliphatic heterocycles. The van der Waals surface area contributed by atoms with Crippen molar-refractivity contribution in [3.63, 3.8) is 0 Å². The molecule has 1 heterocycles. The smallest absolute Gasteiger partial charge is 0.0452 e. The van der Waals surface area contributed by atoms with Gasteiger partial charge in [0.2, 0.25) is 0 Å². The summed E-state index contributed by atoms with van der Waals surface area (Å²) in [6.45, 7) is 9.22. The Morgan fingerprint density at radius 1 is 1.17 bits per heavy atom. The summed E-state index contributed by atoms with van der Waals surface area (Å²) < 4.78 is 0. The molecule has 1 aromatic carbocycles. The van der Waals surface area contributed by atoms with E-state index in [4.69, 9.17) is 23.2 Å². The number of rotatable bonds is 4. The van der Waals surface area contributed by atoms with Crippen LogP contribution in [0, 0.1) is 0 Å². The number of hydrogen-bond donors (Lipinski definition) is 0. The van der Waals surface area contributed by atoms with Crippen LogP contribution in [0.25, 0.3) is 0 Å². The molecule has 0 aromatic heterocycles. The van der Waals surface area contributed by atoms with Crippen molar-refractivity contribution in [3.8, 4) is 0 Å². The molecule has 0 radical (unpaired) electrons. The van der Waals surface area contributed by atoms with Crippen molar-refractivity contribution in [1.29, 1.82) is 0 Å². The van der Waals surface area contributed by atoms with E-state index in [9.17, 15) is 0 Å². The standard InChI is InChI=1S/C19H30Cl2N2/c1-18(2,3)23-13-7-11-19(14-23,22(4)5)12-10-15-16(20)8-6-9-17(15)21/h6,8-9H,7,10-14H2,1-5H3/t19-/m1/s1. The van der Waals surface area contributed by atoms with Gasteiger partial charge in [-0.15, -0.1) is 0 Å². The SMILES string of the molecule is CN(C)[C@@]1(CCc2c(Cl)cccc2Cl)CCCN(C(C)(C)C)C1. The van der Waals surface area contributed by atoms with E-state index in [-0.39, 0.29) is 11.1 Å². The van der Waals surface area contributed by atoms with Gasteiger partial charge in [0.15, 0.2) is 0 Å². The quantitative estimate of drug-likeness (QED) is 0.738. The minimum atomic E-state index is 0.189. The first kappa shape index (κ1) is 19.1. The Morgan fingerprint density at radius 3 is 2.30 bits per heavy atom. The average molecular weight is 357 g/mol. The highest BCUT2D eigenvalue weighted by molar-refractivity contribution is 6.35. The molecule has 0 N–H and O–H groups in total. The first-order valence-corrected chi connectivity index (χ1v) is 9.27. The maximum atomic E-state index is 6.36. The van der Waals surface area contributed by atoms with Gasteiger partial charge in [-0.2, -0.15) is 0 Å². The molecule has 0 saturated carbocycles. The molecule has 1 fully saturated rings. The first-order chi connectivity index (χ1) is 10.7. The van der Waals surface area contributed by atoms with Gasteiger partial charge in [-0.3, -0.25) is 4.90 Å². The maximum absolute atomic E-state index is 6.36. The zero-order valence-electron chi connectivity index (χ0n) is 15.1. The van der Waals surface area contributed by atoms with E-state index in [0.29, 0.717) is 0 Å². The fourth-order valence-electron chi connectivity index (χ4n) is 3.61.